The number of rotatable bonds is 10. The van der Waals surface area contributed by atoms with E-state index in [1.807, 2.05) is 0 Å². The minimum absolute atomic E-state index is 0.115. The van der Waals surface area contributed by atoms with Gasteiger partial charge >= 0.3 is 0 Å². The average molecular weight is 357 g/mol. The van der Waals surface area contributed by atoms with Crippen molar-refractivity contribution >= 4 is 15.9 Å². The monoisotopic (exact) mass is 357 g/mol. The molecule has 1 aromatic rings. The minimum Gasteiger partial charge on any atom is -0.383 e. The summed E-state index contributed by atoms with van der Waals surface area (Å²) < 4.78 is 31.2. The van der Waals surface area contributed by atoms with E-state index in [1.165, 1.54) is 23.5 Å². The van der Waals surface area contributed by atoms with Crippen LogP contribution in [0.2, 0.25) is 0 Å². The highest BCUT2D eigenvalue weighted by molar-refractivity contribution is 7.89. The van der Waals surface area contributed by atoms with Crippen LogP contribution >= 0.6 is 0 Å². The van der Waals surface area contributed by atoms with Gasteiger partial charge in [-0.1, -0.05) is 6.07 Å². The molecule has 8 heteroatoms. The Balaban J connectivity index is 2.69. The Kier molecular flexibility index (Phi) is 8.34. The quantitative estimate of drug-likeness (QED) is 0.601. The van der Waals surface area contributed by atoms with E-state index >= 15 is 0 Å². The number of benzene rings is 1. The number of carbonyl (C=O) groups excluding carboxylic acids is 1. The van der Waals surface area contributed by atoms with E-state index < -0.39 is 10.0 Å². The van der Waals surface area contributed by atoms with E-state index in [0.717, 1.165) is 0 Å². The lowest BCUT2D eigenvalue weighted by Gasteiger charge is -2.21. The smallest absolute Gasteiger partial charge is 0.251 e. The van der Waals surface area contributed by atoms with Crippen molar-refractivity contribution in [2.24, 2.45) is 0 Å². The minimum atomic E-state index is -3.60. The van der Waals surface area contributed by atoms with Crippen LogP contribution in [0.1, 0.15) is 24.2 Å². The SMILES string of the molecule is COCCNCCNC(=O)c1cccc(S(=O)(=O)N(C)C(C)C)c1. The number of sulfonamides is 1. The molecule has 0 radical (unpaired) electrons. The fourth-order valence-corrected chi connectivity index (χ4v) is 3.32. The van der Waals surface area contributed by atoms with Crippen LogP contribution in [0.25, 0.3) is 0 Å². The molecule has 136 valence electrons. The normalized spacial score (nSPS) is 11.9. The number of methoxy groups -OCH3 is 1. The summed E-state index contributed by atoms with van der Waals surface area (Å²) in [7, 11) is -0.450. The molecule has 0 saturated heterocycles. The molecule has 0 bridgehead atoms. The van der Waals surface area contributed by atoms with Gasteiger partial charge in [-0.2, -0.15) is 4.31 Å². The lowest BCUT2D eigenvalue weighted by Crippen LogP contribution is -2.34. The van der Waals surface area contributed by atoms with E-state index in [0.29, 0.717) is 31.8 Å². The van der Waals surface area contributed by atoms with Crippen LogP contribution < -0.4 is 10.6 Å². The molecule has 1 amide bonds. The average Bonchev–Trinajstić information content (AvgIpc) is 2.57. The number of hydrogen-bond donors (Lipinski definition) is 2. The fourth-order valence-electron chi connectivity index (χ4n) is 1.91. The van der Waals surface area contributed by atoms with E-state index in [4.69, 9.17) is 4.74 Å². The molecule has 0 fully saturated rings. The van der Waals surface area contributed by atoms with Crippen LogP contribution in [0, 0.1) is 0 Å². The Bertz CT molecular complexity index is 632. The van der Waals surface area contributed by atoms with Crippen LogP contribution in [0.3, 0.4) is 0 Å². The van der Waals surface area contributed by atoms with Crippen molar-refractivity contribution < 1.29 is 17.9 Å². The van der Waals surface area contributed by atoms with Crippen molar-refractivity contribution in [3.63, 3.8) is 0 Å². The zero-order chi connectivity index (χ0) is 18.2. The summed E-state index contributed by atoms with van der Waals surface area (Å²) >= 11 is 0. The van der Waals surface area contributed by atoms with Gasteiger partial charge in [0, 0.05) is 45.4 Å². The highest BCUT2D eigenvalue weighted by Gasteiger charge is 2.23. The molecule has 0 aliphatic rings. The van der Waals surface area contributed by atoms with Crippen molar-refractivity contribution in [2.45, 2.75) is 24.8 Å². The Hall–Kier alpha value is -1.48. The van der Waals surface area contributed by atoms with Crippen molar-refractivity contribution in [1.29, 1.82) is 0 Å². The van der Waals surface area contributed by atoms with Crippen LogP contribution in [0.5, 0.6) is 0 Å². The number of ether oxygens (including phenoxy) is 1. The van der Waals surface area contributed by atoms with Crippen molar-refractivity contribution in [3.8, 4) is 0 Å². The zero-order valence-corrected chi connectivity index (χ0v) is 15.5. The van der Waals surface area contributed by atoms with Crippen LogP contribution in [-0.4, -0.2) is 65.1 Å². The molecule has 0 aliphatic heterocycles. The molecule has 0 aromatic heterocycles. The molecule has 0 atom stereocenters. The van der Waals surface area contributed by atoms with Crippen LogP contribution in [0.4, 0.5) is 0 Å². The maximum atomic E-state index is 12.5. The number of hydrogen-bond acceptors (Lipinski definition) is 5. The second kappa shape index (κ2) is 9.73. The summed E-state index contributed by atoms with van der Waals surface area (Å²) in [5.74, 6) is -0.298. The van der Waals surface area contributed by atoms with Gasteiger partial charge in [-0.05, 0) is 32.0 Å². The largest absolute Gasteiger partial charge is 0.383 e. The standard InChI is InChI=1S/C16H27N3O4S/c1-13(2)19(3)24(21,22)15-7-5-6-14(12-15)16(20)18-9-8-17-10-11-23-4/h5-7,12-13,17H,8-11H2,1-4H3,(H,18,20). The molecular weight excluding hydrogens is 330 g/mol. The van der Waals surface area contributed by atoms with Gasteiger partial charge in [-0.15, -0.1) is 0 Å². The molecule has 1 aromatic carbocycles. The Morgan fingerprint density at radius 3 is 2.58 bits per heavy atom. The third-order valence-corrected chi connectivity index (χ3v) is 5.60. The molecular formula is C16H27N3O4S. The second-order valence-corrected chi connectivity index (χ2v) is 7.64. The lowest BCUT2D eigenvalue weighted by molar-refractivity contribution is 0.0953. The first-order chi connectivity index (χ1) is 11.3. The summed E-state index contributed by atoms with van der Waals surface area (Å²) in [4.78, 5) is 12.3. The number of carbonyl (C=O) groups is 1. The van der Waals surface area contributed by atoms with Crippen molar-refractivity contribution in [1.82, 2.24) is 14.9 Å². The van der Waals surface area contributed by atoms with Gasteiger partial charge in [-0.25, -0.2) is 8.42 Å². The topological polar surface area (TPSA) is 87.7 Å². The third-order valence-electron chi connectivity index (χ3n) is 3.57. The summed E-state index contributed by atoms with van der Waals surface area (Å²) in [6.45, 7) is 5.98. The predicted octanol–water partition coefficient (Wildman–Crippen LogP) is 0.681. The van der Waals surface area contributed by atoms with Crippen LogP contribution in [-0.2, 0) is 14.8 Å². The number of amides is 1. The second-order valence-electron chi connectivity index (χ2n) is 5.64. The summed E-state index contributed by atoms with van der Waals surface area (Å²) in [6, 6.07) is 5.92. The summed E-state index contributed by atoms with van der Waals surface area (Å²) in [5.41, 5.74) is 0.324. The first-order valence-corrected chi connectivity index (χ1v) is 9.30. The molecule has 1 rings (SSSR count). The van der Waals surface area contributed by atoms with Gasteiger partial charge in [0.15, 0.2) is 0 Å². The first-order valence-electron chi connectivity index (χ1n) is 7.86. The van der Waals surface area contributed by atoms with Crippen LogP contribution in [0.15, 0.2) is 29.2 Å². The van der Waals surface area contributed by atoms with Gasteiger partial charge < -0.3 is 15.4 Å². The van der Waals surface area contributed by atoms with Gasteiger partial charge in [-0.3, -0.25) is 4.79 Å². The number of nitrogens with one attached hydrogen (secondary N) is 2. The molecule has 2 N–H and O–H groups in total. The predicted molar refractivity (Wildman–Crippen MR) is 93.6 cm³/mol. The fraction of sp³-hybridized carbons (Fsp3) is 0.562. The van der Waals surface area contributed by atoms with E-state index in [-0.39, 0.29) is 16.8 Å². The Morgan fingerprint density at radius 2 is 1.96 bits per heavy atom. The first kappa shape index (κ1) is 20.6. The maximum absolute atomic E-state index is 12.5. The molecule has 24 heavy (non-hydrogen) atoms. The molecule has 0 unspecified atom stereocenters. The Labute approximate surface area is 144 Å². The molecule has 0 aliphatic carbocycles. The lowest BCUT2D eigenvalue weighted by atomic mass is 10.2. The van der Waals surface area contributed by atoms with E-state index in [1.54, 1.807) is 33.1 Å². The molecule has 0 spiro atoms. The molecule has 0 heterocycles. The van der Waals surface area contributed by atoms with E-state index in [9.17, 15) is 13.2 Å². The molecule has 0 saturated carbocycles. The highest BCUT2D eigenvalue weighted by atomic mass is 32.2. The number of nitrogens with zero attached hydrogens (tertiary/aromatic N) is 1. The van der Waals surface area contributed by atoms with Crippen molar-refractivity contribution in [2.75, 3.05) is 40.4 Å². The van der Waals surface area contributed by atoms with Gasteiger partial charge in [0.2, 0.25) is 10.0 Å². The van der Waals surface area contributed by atoms with Gasteiger partial charge in [0.1, 0.15) is 0 Å². The summed E-state index contributed by atoms with van der Waals surface area (Å²) in [5, 5.41) is 5.87. The maximum Gasteiger partial charge on any atom is 0.251 e. The van der Waals surface area contributed by atoms with Gasteiger partial charge in [0.05, 0.1) is 11.5 Å². The Morgan fingerprint density at radius 1 is 1.25 bits per heavy atom. The summed E-state index contributed by atoms with van der Waals surface area (Å²) in [6.07, 6.45) is 0. The van der Waals surface area contributed by atoms with E-state index in [2.05, 4.69) is 10.6 Å². The third kappa shape index (κ3) is 5.86. The zero-order valence-electron chi connectivity index (χ0n) is 14.7. The van der Waals surface area contributed by atoms with Gasteiger partial charge in [0.25, 0.3) is 5.91 Å². The van der Waals surface area contributed by atoms with Crippen molar-refractivity contribution in [3.05, 3.63) is 29.8 Å². The highest BCUT2D eigenvalue weighted by Crippen LogP contribution is 2.17. The molecule has 7 nitrogen and oxygen atoms in total.